The number of sulfone groups is 1. The Bertz CT molecular complexity index is 785. The van der Waals surface area contributed by atoms with E-state index in [1.807, 2.05) is 33.8 Å². The largest absolute Gasteiger partial charge is 0.452 e. The number of benzene rings is 1. The fraction of sp³-hybridized carbons (Fsp3) is 0.579. The third-order valence-corrected chi connectivity index (χ3v) is 6.35. The Morgan fingerprint density at radius 1 is 1.23 bits per heavy atom. The molecule has 0 saturated carbocycles. The lowest BCUT2D eigenvalue weighted by atomic mass is 10.1. The molecule has 144 valence electrons. The molecular formula is C19H27NO5S. The van der Waals surface area contributed by atoms with Crippen molar-refractivity contribution in [1.29, 1.82) is 0 Å². The van der Waals surface area contributed by atoms with Crippen LogP contribution in [0.2, 0.25) is 0 Å². The minimum absolute atomic E-state index is 0.0173. The van der Waals surface area contributed by atoms with Crippen LogP contribution in [0.15, 0.2) is 18.2 Å². The second-order valence-electron chi connectivity index (χ2n) is 7.37. The molecule has 1 atom stereocenters. The van der Waals surface area contributed by atoms with E-state index in [0.29, 0.717) is 18.5 Å². The average molecular weight is 381 g/mol. The van der Waals surface area contributed by atoms with Crippen LogP contribution in [-0.2, 0) is 19.4 Å². The van der Waals surface area contributed by atoms with Gasteiger partial charge in [-0.1, -0.05) is 19.9 Å². The fourth-order valence-electron chi connectivity index (χ4n) is 3.03. The van der Waals surface area contributed by atoms with Crippen molar-refractivity contribution in [3.8, 4) is 0 Å². The summed E-state index contributed by atoms with van der Waals surface area (Å²) in [7, 11) is -3.09. The first-order valence-electron chi connectivity index (χ1n) is 8.83. The minimum atomic E-state index is -3.09. The molecule has 1 heterocycles. The van der Waals surface area contributed by atoms with Gasteiger partial charge in [0.2, 0.25) is 0 Å². The summed E-state index contributed by atoms with van der Waals surface area (Å²) in [5, 5.41) is 0. The average Bonchev–Trinajstić information content (AvgIpc) is 2.92. The lowest BCUT2D eigenvalue weighted by Crippen LogP contribution is -2.45. The van der Waals surface area contributed by atoms with Crippen LogP contribution in [0.5, 0.6) is 0 Å². The summed E-state index contributed by atoms with van der Waals surface area (Å²) >= 11 is 0. The molecule has 1 saturated heterocycles. The summed E-state index contributed by atoms with van der Waals surface area (Å²) < 4.78 is 28.7. The topological polar surface area (TPSA) is 80.8 Å². The molecule has 2 rings (SSSR count). The predicted molar refractivity (Wildman–Crippen MR) is 99.8 cm³/mol. The molecule has 1 fully saturated rings. The number of amides is 1. The Hall–Kier alpha value is -1.89. The molecule has 7 heteroatoms. The van der Waals surface area contributed by atoms with Crippen molar-refractivity contribution in [2.75, 3.05) is 24.7 Å². The number of carbonyl (C=O) groups excluding carboxylic acids is 2. The molecule has 1 aromatic rings. The highest BCUT2D eigenvalue weighted by atomic mass is 32.2. The summed E-state index contributed by atoms with van der Waals surface area (Å²) in [6.07, 6.45) is 0.436. The normalized spacial score (nSPS) is 18.7. The van der Waals surface area contributed by atoms with Gasteiger partial charge in [-0.2, -0.15) is 0 Å². The van der Waals surface area contributed by atoms with E-state index < -0.39 is 15.8 Å². The van der Waals surface area contributed by atoms with Crippen molar-refractivity contribution in [3.63, 3.8) is 0 Å². The Morgan fingerprint density at radius 3 is 2.46 bits per heavy atom. The molecule has 0 radical (unpaired) electrons. The zero-order valence-electron chi connectivity index (χ0n) is 15.8. The molecule has 1 aliphatic rings. The smallest absolute Gasteiger partial charge is 0.338 e. The minimum Gasteiger partial charge on any atom is -0.452 e. The summed E-state index contributed by atoms with van der Waals surface area (Å²) in [5.41, 5.74) is 2.45. The van der Waals surface area contributed by atoms with Crippen LogP contribution < -0.4 is 0 Å². The molecule has 1 aliphatic heterocycles. The van der Waals surface area contributed by atoms with Gasteiger partial charge in [-0.05, 0) is 49.4 Å². The van der Waals surface area contributed by atoms with Gasteiger partial charge in [0.1, 0.15) is 0 Å². The van der Waals surface area contributed by atoms with E-state index in [1.165, 1.54) is 0 Å². The van der Waals surface area contributed by atoms with Crippen molar-refractivity contribution < 1.29 is 22.7 Å². The predicted octanol–water partition coefficient (Wildman–Crippen LogP) is 2.13. The lowest BCUT2D eigenvalue weighted by Gasteiger charge is -2.29. The fourth-order valence-corrected chi connectivity index (χ4v) is 4.76. The van der Waals surface area contributed by atoms with Gasteiger partial charge in [0.25, 0.3) is 5.91 Å². The Kier molecular flexibility index (Phi) is 6.44. The van der Waals surface area contributed by atoms with Crippen LogP contribution in [0.4, 0.5) is 0 Å². The number of ether oxygens (including phenoxy) is 1. The highest BCUT2D eigenvalue weighted by molar-refractivity contribution is 7.91. The van der Waals surface area contributed by atoms with Crippen molar-refractivity contribution in [2.45, 2.75) is 40.2 Å². The standard InChI is InChI=1S/C19H27NO5S/c1-13(2)10-20(17-7-8-26(23,24)12-17)18(21)11-25-19(22)16-6-5-14(3)15(4)9-16/h5-6,9,13,17H,7-8,10-12H2,1-4H3/t17-/m0/s1. The van der Waals surface area contributed by atoms with Crippen LogP contribution in [0, 0.1) is 19.8 Å². The van der Waals surface area contributed by atoms with Gasteiger partial charge >= 0.3 is 5.97 Å². The number of aryl methyl sites for hydroxylation is 2. The van der Waals surface area contributed by atoms with E-state index in [1.54, 1.807) is 17.0 Å². The first-order chi connectivity index (χ1) is 12.1. The van der Waals surface area contributed by atoms with Gasteiger partial charge in [-0.25, -0.2) is 13.2 Å². The Morgan fingerprint density at radius 2 is 1.92 bits per heavy atom. The molecule has 0 spiro atoms. The summed E-state index contributed by atoms with van der Waals surface area (Å²) in [6, 6.07) is 4.90. The van der Waals surface area contributed by atoms with Crippen LogP contribution in [0.1, 0.15) is 41.8 Å². The van der Waals surface area contributed by atoms with Gasteiger partial charge in [0.05, 0.1) is 17.1 Å². The number of rotatable bonds is 6. The Balaban J connectivity index is 2.02. The second-order valence-corrected chi connectivity index (χ2v) is 9.60. The molecule has 1 aromatic carbocycles. The summed E-state index contributed by atoms with van der Waals surface area (Å²) in [5.74, 6) is -0.626. The second kappa shape index (κ2) is 8.20. The third-order valence-electron chi connectivity index (χ3n) is 4.60. The number of esters is 1. The Labute approximate surface area is 155 Å². The van der Waals surface area contributed by atoms with Crippen molar-refractivity contribution >= 4 is 21.7 Å². The maximum Gasteiger partial charge on any atom is 0.338 e. The summed E-state index contributed by atoms with van der Waals surface area (Å²) in [6.45, 7) is 7.85. The van der Waals surface area contributed by atoms with Crippen LogP contribution in [0.25, 0.3) is 0 Å². The van der Waals surface area contributed by atoms with Crippen molar-refractivity contribution in [3.05, 3.63) is 34.9 Å². The molecule has 0 aromatic heterocycles. The van der Waals surface area contributed by atoms with Gasteiger partial charge in [-0.15, -0.1) is 0 Å². The molecule has 1 amide bonds. The quantitative estimate of drug-likeness (QED) is 0.705. The molecule has 6 nitrogen and oxygen atoms in total. The third kappa shape index (κ3) is 5.30. The first-order valence-corrected chi connectivity index (χ1v) is 10.7. The first kappa shape index (κ1) is 20.4. The summed E-state index contributed by atoms with van der Waals surface area (Å²) in [4.78, 5) is 26.3. The molecule has 0 N–H and O–H groups in total. The lowest BCUT2D eigenvalue weighted by molar-refractivity contribution is -0.137. The van der Waals surface area contributed by atoms with Crippen LogP contribution in [-0.4, -0.2) is 55.9 Å². The van der Waals surface area contributed by atoms with Gasteiger partial charge in [0.15, 0.2) is 16.4 Å². The number of nitrogens with zero attached hydrogens (tertiary/aromatic N) is 1. The molecule has 0 aliphatic carbocycles. The van der Waals surface area contributed by atoms with Crippen LogP contribution >= 0.6 is 0 Å². The van der Waals surface area contributed by atoms with Crippen molar-refractivity contribution in [2.24, 2.45) is 5.92 Å². The van der Waals surface area contributed by atoms with E-state index >= 15 is 0 Å². The van der Waals surface area contributed by atoms with Gasteiger partial charge < -0.3 is 9.64 Å². The van der Waals surface area contributed by atoms with Gasteiger partial charge in [0, 0.05) is 12.6 Å². The molecular weight excluding hydrogens is 354 g/mol. The monoisotopic (exact) mass is 381 g/mol. The zero-order valence-corrected chi connectivity index (χ0v) is 16.6. The molecule has 0 bridgehead atoms. The number of hydrogen-bond acceptors (Lipinski definition) is 5. The van der Waals surface area contributed by atoms with Crippen molar-refractivity contribution in [1.82, 2.24) is 4.90 Å². The zero-order chi connectivity index (χ0) is 19.5. The maximum absolute atomic E-state index is 12.6. The number of carbonyl (C=O) groups is 2. The highest BCUT2D eigenvalue weighted by Gasteiger charge is 2.35. The van der Waals surface area contributed by atoms with E-state index in [-0.39, 0.29) is 36.0 Å². The SMILES string of the molecule is Cc1ccc(C(=O)OCC(=O)N(CC(C)C)[C@H]2CCS(=O)(=O)C2)cc1C. The van der Waals surface area contributed by atoms with E-state index in [2.05, 4.69) is 0 Å². The molecule has 26 heavy (non-hydrogen) atoms. The van der Waals surface area contributed by atoms with Crippen LogP contribution in [0.3, 0.4) is 0 Å². The highest BCUT2D eigenvalue weighted by Crippen LogP contribution is 2.19. The van der Waals surface area contributed by atoms with Gasteiger partial charge in [-0.3, -0.25) is 4.79 Å². The van der Waals surface area contributed by atoms with E-state index in [9.17, 15) is 18.0 Å². The van der Waals surface area contributed by atoms with E-state index in [0.717, 1.165) is 11.1 Å². The molecule has 0 unspecified atom stereocenters. The van der Waals surface area contributed by atoms with E-state index in [4.69, 9.17) is 4.74 Å². The number of hydrogen-bond donors (Lipinski definition) is 0. The maximum atomic E-state index is 12.6.